The van der Waals surface area contributed by atoms with Gasteiger partial charge in [0, 0.05) is 6.04 Å². The van der Waals surface area contributed by atoms with Gasteiger partial charge in [-0.25, -0.2) is 0 Å². The first-order valence-corrected chi connectivity index (χ1v) is 5.57. The van der Waals surface area contributed by atoms with E-state index in [0.717, 1.165) is 5.56 Å². The number of nitrogens with two attached hydrogens (primary N) is 1. The minimum Gasteiger partial charge on any atom is -0.370 e. The summed E-state index contributed by atoms with van der Waals surface area (Å²) < 4.78 is 40.0. The maximum atomic E-state index is 11.8. The summed E-state index contributed by atoms with van der Waals surface area (Å²) in [6.45, 7) is -1.30. The van der Waals surface area contributed by atoms with Crippen molar-refractivity contribution in [2.45, 2.75) is 18.6 Å². The number of ether oxygens (including phenoxy) is 1. The van der Waals surface area contributed by atoms with Crippen molar-refractivity contribution in [3.63, 3.8) is 0 Å². The van der Waals surface area contributed by atoms with Gasteiger partial charge in [0.25, 0.3) is 0 Å². The van der Waals surface area contributed by atoms with Gasteiger partial charge in [0.1, 0.15) is 6.61 Å². The van der Waals surface area contributed by atoms with E-state index in [-0.39, 0.29) is 12.6 Å². The molecule has 1 unspecified atom stereocenters. The van der Waals surface area contributed by atoms with Gasteiger partial charge in [-0.3, -0.25) is 11.3 Å². The number of hydrogen-bond donors (Lipinski definition) is 2. The van der Waals surface area contributed by atoms with Crippen LogP contribution in [0.15, 0.2) is 16.8 Å². The summed E-state index contributed by atoms with van der Waals surface area (Å²) in [5.74, 6) is 5.23. The van der Waals surface area contributed by atoms with Crippen molar-refractivity contribution in [1.82, 2.24) is 5.43 Å². The lowest BCUT2D eigenvalue weighted by Crippen LogP contribution is -2.41. The number of thiophene rings is 1. The molecule has 0 amide bonds. The monoisotopic (exact) mass is 254 g/mol. The quantitative estimate of drug-likeness (QED) is 0.600. The maximum Gasteiger partial charge on any atom is 0.411 e. The van der Waals surface area contributed by atoms with Crippen LogP contribution in [-0.2, 0) is 11.2 Å². The highest BCUT2D eigenvalue weighted by Gasteiger charge is 2.27. The summed E-state index contributed by atoms with van der Waals surface area (Å²) in [6, 6.07) is 1.59. The zero-order valence-corrected chi connectivity index (χ0v) is 9.27. The topological polar surface area (TPSA) is 47.3 Å². The van der Waals surface area contributed by atoms with E-state index in [2.05, 4.69) is 10.2 Å². The molecule has 3 nitrogen and oxygen atoms in total. The molecule has 0 fully saturated rings. The third-order valence-corrected chi connectivity index (χ3v) is 2.61. The molecule has 1 heterocycles. The Morgan fingerprint density at radius 1 is 1.50 bits per heavy atom. The van der Waals surface area contributed by atoms with Crippen molar-refractivity contribution in [2.24, 2.45) is 5.84 Å². The lowest BCUT2D eigenvalue weighted by molar-refractivity contribution is -0.175. The first-order valence-electron chi connectivity index (χ1n) is 4.63. The fraction of sp³-hybridized carbons (Fsp3) is 0.556. The van der Waals surface area contributed by atoms with Crippen LogP contribution in [0.5, 0.6) is 0 Å². The predicted octanol–water partition coefficient (Wildman–Crippen LogP) is 1.70. The van der Waals surface area contributed by atoms with E-state index in [1.807, 2.05) is 16.8 Å². The second kappa shape index (κ2) is 6.19. The van der Waals surface area contributed by atoms with Gasteiger partial charge in [-0.2, -0.15) is 24.5 Å². The molecular weight excluding hydrogens is 241 g/mol. The fourth-order valence-electron chi connectivity index (χ4n) is 1.18. The minimum absolute atomic E-state index is 0.0636. The normalized spacial score (nSPS) is 14.0. The molecule has 92 valence electrons. The van der Waals surface area contributed by atoms with Crippen LogP contribution in [0.1, 0.15) is 5.56 Å². The first kappa shape index (κ1) is 13.4. The van der Waals surface area contributed by atoms with Crippen LogP contribution in [0.3, 0.4) is 0 Å². The largest absolute Gasteiger partial charge is 0.411 e. The SMILES string of the molecule is NNC(COCC(F)(F)F)Cc1ccsc1. The molecule has 1 aromatic heterocycles. The molecule has 16 heavy (non-hydrogen) atoms. The molecule has 3 N–H and O–H groups in total. The molecule has 0 radical (unpaired) electrons. The number of halogens is 3. The van der Waals surface area contributed by atoms with Crippen LogP contribution in [0.4, 0.5) is 13.2 Å². The van der Waals surface area contributed by atoms with Gasteiger partial charge < -0.3 is 4.74 Å². The maximum absolute atomic E-state index is 11.8. The zero-order chi connectivity index (χ0) is 12.0. The zero-order valence-electron chi connectivity index (χ0n) is 8.46. The van der Waals surface area contributed by atoms with Gasteiger partial charge in [-0.15, -0.1) is 0 Å². The Morgan fingerprint density at radius 2 is 2.25 bits per heavy atom. The lowest BCUT2D eigenvalue weighted by Gasteiger charge is -2.16. The molecule has 7 heteroatoms. The molecule has 0 saturated carbocycles. The van der Waals surface area contributed by atoms with Crippen LogP contribution >= 0.6 is 11.3 Å². The van der Waals surface area contributed by atoms with Gasteiger partial charge in [-0.1, -0.05) is 0 Å². The summed E-state index contributed by atoms with van der Waals surface area (Å²) >= 11 is 1.53. The smallest absolute Gasteiger partial charge is 0.370 e. The van der Waals surface area contributed by atoms with Crippen LogP contribution in [0.25, 0.3) is 0 Å². The Labute approximate surface area is 95.4 Å². The number of rotatable bonds is 6. The highest BCUT2D eigenvalue weighted by atomic mass is 32.1. The number of alkyl halides is 3. The highest BCUT2D eigenvalue weighted by molar-refractivity contribution is 7.07. The van der Waals surface area contributed by atoms with Gasteiger partial charge >= 0.3 is 6.18 Å². The Morgan fingerprint density at radius 3 is 2.75 bits per heavy atom. The Hall–Kier alpha value is -0.630. The standard InChI is InChI=1S/C9H13F3N2OS/c10-9(11,12)6-15-4-8(14-13)3-7-1-2-16-5-7/h1-2,5,8,14H,3-4,6,13H2. The summed E-state index contributed by atoms with van der Waals surface area (Å²) in [7, 11) is 0. The predicted molar refractivity (Wildman–Crippen MR) is 56.0 cm³/mol. The number of nitrogens with one attached hydrogen (secondary N) is 1. The van der Waals surface area contributed by atoms with E-state index in [0.29, 0.717) is 6.42 Å². The van der Waals surface area contributed by atoms with Crippen molar-refractivity contribution in [1.29, 1.82) is 0 Å². The van der Waals surface area contributed by atoms with Gasteiger partial charge in [-0.05, 0) is 28.8 Å². The third kappa shape index (κ3) is 5.45. The van der Waals surface area contributed by atoms with Crippen molar-refractivity contribution in [3.8, 4) is 0 Å². The van der Waals surface area contributed by atoms with Crippen LogP contribution in [0.2, 0.25) is 0 Å². The second-order valence-electron chi connectivity index (χ2n) is 3.33. The minimum atomic E-state index is -4.29. The Kier molecular flexibility index (Phi) is 5.20. The lowest BCUT2D eigenvalue weighted by atomic mass is 10.1. The summed E-state index contributed by atoms with van der Waals surface area (Å²) in [4.78, 5) is 0. The van der Waals surface area contributed by atoms with E-state index in [1.54, 1.807) is 0 Å². The van der Waals surface area contributed by atoms with E-state index >= 15 is 0 Å². The Bertz CT molecular complexity index is 289. The molecule has 1 aromatic rings. The number of hydrazine groups is 1. The van der Waals surface area contributed by atoms with Crippen LogP contribution in [-0.4, -0.2) is 25.4 Å². The van der Waals surface area contributed by atoms with Crippen molar-refractivity contribution < 1.29 is 17.9 Å². The van der Waals surface area contributed by atoms with E-state index in [1.165, 1.54) is 11.3 Å². The second-order valence-corrected chi connectivity index (χ2v) is 4.11. The fourth-order valence-corrected chi connectivity index (χ4v) is 1.86. The van der Waals surface area contributed by atoms with E-state index in [9.17, 15) is 13.2 Å². The Balaban J connectivity index is 2.27. The molecule has 0 aliphatic heterocycles. The van der Waals surface area contributed by atoms with Crippen molar-refractivity contribution in [2.75, 3.05) is 13.2 Å². The van der Waals surface area contributed by atoms with Crippen molar-refractivity contribution >= 4 is 11.3 Å². The molecule has 1 rings (SSSR count). The summed E-state index contributed by atoms with van der Waals surface area (Å²) in [5, 5.41) is 3.83. The average Bonchev–Trinajstić information content (AvgIpc) is 2.67. The number of hydrogen-bond acceptors (Lipinski definition) is 4. The summed E-state index contributed by atoms with van der Waals surface area (Å²) in [5.41, 5.74) is 3.47. The molecule has 0 saturated heterocycles. The molecular formula is C9H13F3N2OS. The van der Waals surface area contributed by atoms with Crippen LogP contribution in [0, 0.1) is 0 Å². The van der Waals surface area contributed by atoms with Gasteiger partial charge in [0.2, 0.25) is 0 Å². The van der Waals surface area contributed by atoms with E-state index < -0.39 is 12.8 Å². The van der Waals surface area contributed by atoms with E-state index in [4.69, 9.17) is 5.84 Å². The molecule has 0 aromatic carbocycles. The highest BCUT2D eigenvalue weighted by Crippen LogP contribution is 2.15. The first-order chi connectivity index (χ1) is 7.51. The molecule has 0 bridgehead atoms. The van der Waals surface area contributed by atoms with Gasteiger partial charge in [0.15, 0.2) is 0 Å². The molecule has 0 aliphatic carbocycles. The molecule has 0 spiro atoms. The van der Waals surface area contributed by atoms with Crippen LogP contribution < -0.4 is 11.3 Å². The summed E-state index contributed by atoms with van der Waals surface area (Å²) in [6.07, 6.45) is -3.74. The average molecular weight is 254 g/mol. The third-order valence-electron chi connectivity index (χ3n) is 1.88. The molecule has 0 aliphatic rings. The van der Waals surface area contributed by atoms with Crippen molar-refractivity contribution in [3.05, 3.63) is 22.4 Å². The molecule has 1 atom stereocenters. The van der Waals surface area contributed by atoms with Gasteiger partial charge in [0.05, 0.1) is 6.61 Å².